The number of hydrogen-bond donors (Lipinski definition) is 2. The molecule has 0 aliphatic heterocycles. The van der Waals surface area contributed by atoms with E-state index in [1.807, 2.05) is 0 Å². The molecule has 0 amide bonds. The Balaban J connectivity index is 0.000000771. The molecule has 190 valence electrons. The van der Waals surface area contributed by atoms with Crippen LogP contribution in [0, 0.1) is 6.92 Å². The smallest absolute Gasteiger partial charge is 0.335 e. The Morgan fingerprint density at radius 1 is 0.697 bits per heavy atom. The second-order valence-electron chi connectivity index (χ2n) is 9.06. The number of carboxylic acid groups (broad SMARTS) is 2. The molecule has 1 rings (SSSR count). The van der Waals surface area contributed by atoms with Crippen molar-refractivity contribution in [2.75, 3.05) is 0 Å². The zero-order valence-electron chi connectivity index (χ0n) is 21.0. The summed E-state index contributed by atoms with van der Waals surface area (Å²) in [6.45, 7) is 4.05. The van der Waals surface area contributed by atoms with Crippen LogP contribution in [0.5, 0.6) is 0 Å². The number of aliphatic carboxylic acids is 1. The van der Waals surface area contributed by atoms with E-state index < -0.39 is 11.9 Å². The maximum Gasteiger partial charge on any atom is 0.335 e. The number of benzene rings is 1. The van der Waals surface area contributed by atoms with E-state index in [0.717, 1.165) is 22.9 Å². The summed E-state index contributed by atoms with van der Waals surface area (Å²) in [6, 6.07) is 5.08. The van der Waals surface area contributed by atoms with Crippen molar-refractivity contribution < 1.29 is 19.8 Å². The van der Waals surface area contributed by atoms with Gasteiger partial charge in [0.2, 0.25) is 0 Å². The summed E-state index contributed by atoms with van der Waals surface area (Å²) in [5.41, 5.74) is 1.13. The van der Waals surface area contributed by atoms with Gasteiger partial charge in [-0.3, -0.25) is 4.79 Å². The van der Waals surface area contributed by atoms with Gasteiger partial charge in [0.05, 0.1) is 5.56 Å². The van der Waals surface area contributed by atoms with E-state index in [2.05, 4.69) is 22.9 Å². The van der Waals surface area contributed by atoms with E-state index in [9.17, 15) is 9.59 Å². The molecule has 0 saturated heterocycles. The average Bonchev–Trinajstić information content (AvgIpc) is 2.76. The largest absolute Gasteiger partial charge is 0.481 e. The molecular formula is C28H47BrO4. The van der Waals surface area contributed by atoms with E-state index in [1.165, 1.54) is 96.3 Å². The highest BCUT2D eigenvalue weighted by atomic mass is 79.9. The van der Waals surface area contributed by atoms with Crippen LogP contribution in [0.2, 0.25) is 0 Å². The lowest BCUT2D eigenvalue weighted by molar-refractivity contribution is -0.137. The molecule has 1 aromatic carbocycles. The van der Waals surface area contributed by atoms with Crippen LogP contribution in [0.15, 0.2) is 22.7 Å². The fraction of sp³-hybridized carbons (Fsp3) is 0.714. The van der Waals surface area contributed by atoms with Crippen LogP contribution < -0.4 is 0 Å². The lowest BCUT2D eigenvalue weighted by atomic mass is 10.0. The number of aromatic carboxylic acids is 1. The highest BCUT2D eigenvalue weighted by molar-refractivity contribution is 9.10. The normalized spacial score (nSPS) is 10.5. The van der Waals surface area contributed by atoms with Gasteiger partial charge in [-0.1, -0.05) is 126 Å². The quantitative estimate of drug-likeness (QED) is 0.176. The highest BCUT2D eigenvalue weighted by Crippen LogP contribution is 2.16. The first-order valence-electron chi connectivity index (χ1n) is 13.1. The molecule has 4 nitrogen and oxygen atoms in total. The number of unbranched alkanes of at least 4 members (excludes halogenated alkanes) is 16. The third kappa shape index (κ3) is 20.9. The zero-order chi connectivity index (χ0) is 24.7. The Labute approximate surface area is 210 Å². The number of carboxylic acids is 2. The lowest BCUT2D eigenvalue weighted by Gasteiger charge is -2.03. The van der Waals surface area contributed by atoms with E-state index >= 15 is 0 Å². The van der Waals surface area contributed by atoms with Gasteiger partial charge in [-0.15, -0.1) is 0 Å². The Kier molecular flexibility index (Phi) is 21.5. The topological polar surface area (TPSA) is 74.6 Å². The molecule has 0 aliphatic rings. The molecule has 0 atom stereocenters. The first-order valence-corrected chi connectivity index (χ1v) is 13.9. The van der Waals surface area contributed by atoms with E-state index in [0.29, 0.717) is 12.0 Å². The molecule has 5 heteroatoms. The van der Waals surface area contributed by atoms with Gasteiger partial charge in [0.25, 0.3) is 0 Å². The standard InChI is InChI=1S/C20H40O2.C8H7BrO2/c1-2-3-4-5-6-7-8-9-10-11-12-13-14-15-16-17-18-19-20(21)22;1-5-4-6(9)2-3-7(5)8(10)11/h2-19H2,1H3,(H,21,22);2-4H,1H3,(H,10,11). The van der Waals surface area contributed by atoms with Gasteiger partial charge < -0.3 is 10.2 Å². The van der Waals surface area contributed by atoms with Gasteiger partial charge in [-0.2, -0.15) is 0 Å². The molecule has 0 saturated carbocycles. The summed E-state index contributed by atoms with van der Waals surface area (Å²) in [5, 5.41) is 17.2. The number of rotatable bonds is 19. The second kappa shape index (κ2) is 22.4. The second-order valence-corrected chi connectivity index (χ2v) is 9.98. The van der Waals surface area contributed by atoms with Crippen LogP contribution in [0.4, 0.5) is 0 Å². The molecule has 0 spiro atoms. The minimum Gasteiger partial charge on any atom is -0.481 e. The number of carbonyl (C=O) groups is 2. The first-order chi connectivity index (χ1) is 15.9. The molecule has 2 N–H and O–H groups in total. The fourth-order valence-electron chi connectivity index (χ4n) is 3.87. The van der Waals surface area contributed by atoms with Crippen LogP contribution in [-0.2, 0) is 4.79 Å². The maximum atomic E-state index is 10.5. The van der Waals surface area contributed by atoms with E-state index in [-0.39, 0.29) is 0 Å². The molecule has 0 aromatic heterocycles. The van der Waals surface area contributed by atoms with Crippen LogP contribution >= 0.6 is 15.9 Å². The van der Waals surface area contributed by atoms with Gasteiger partial charge in [0, 0.05) is 10.9 Å². The van der Waals surface area contributed by atoms with E-state index in [4.69, 9.17) is 10.2 Å². The molecule has 0 radical (unpaired) electrons. The predicted octanol–water partition coefficient (Wildman–Crippen LogP) is 9.57. The summed E-state index contributed by atoms with van der Waals surface area (Å²) in [7, 11) is 0. The number of halogens is 1. The first kappa shape index (κ1) is 31.6. The van der Waals surface area contributed by atoms with Crippen molar-refractivity contribution in [2.24, 2.45) is 0 Å². The zero-order valence-corrected chi connectivity index (χ0v) is 22.6. The SMILES string of the molecule is CCCCCCCCCCCCCCCCCCCC(=O)O.Cc1cc(Br)ccc1C(=O)O. The average molecular weight is 528 g/mol. The van der Waals surface area contributed by atoms with Crippen molar-refractivity contribution in [1.29, 1.82) is 0 Å². The summed E-state index contributed by atoms with van der Waals surface area (Å²) in [5.74, 6) is -1.53. The molecule has 0 unspecified atom stereocenters. The number of aryl methyl sites for hydroxylation is 1. The molecule has 1 aromatic rings. The fourth-order valence-corrected chi connectivity index (χ4v) is 4.34. The Hall–Kier alpha value is -1.36. The minimum atomic E-state index is -0.880. The monoisotopic (exact) mass is 526 g/mol. The summed E-state index contributed by atoms with van der Waals surface area (Å²) < 4.78 is 0.903. The number of hydrogen-bond acceptors (Lipinski definition) is 2. The highest BCUT2D eigenvalue weighted by Gasteiger charge is 2.05. The third-order valence-corrected chi connectivity index (χ3v) is 6.41. The van der Waals surface area contributed by atoms with Crippen molar-refractivity contribution in [2.45, 2.75) is 129 Å². The predicted molar refractivity (Wildman–Crippen MR) is 142 cm³/mol. The molecular weight excluding hydrogens is 480 g/mol. The molecule has 0 heterocycles. The molecule has 0 fully saturated rings. The van der Waals surface area contributed by atoms with Crippen molar-refractivity contribution in [3.05, 3.63) is 33.8 Å². The van der Waals surface area contributed by atoms with Crippen molar-refractivity contribution >= 4 is 27.9 Å². The van der Waals surface area contributed by atoms with Crippen molar-refractivity contribution in [3.8, 4) is 0 Å². The summed E-state index contributed by atoms with van der Waals surface area (Å²) >= 11 is 3.25. The van der Waals surface area contributed by atoms with Gasteiger partial charge in [0.1, 0.15) is 0 Å². The van der Waals surface area contributed by atoms with Crippen molar-refractivity contribution in [3.63, 3.8) is 0 Å². The van der Waals surface area contributed by atoms with Crippen LogP contribution in [0.25, 0.3) is 0 Å². The molecule has 0 bridgehead atoms. The minimum absolute atomic E-state index is 0.346. The third-order valence-electron chi connectivity index (χ3n) is 5.91. The summed E-state index contributed by atoms with van der Waals surface area (Å²) in [6.07, 6.45) is 23.1. The Morgan fingerprint density at radius 3 is 1.42 bits per heavy atom. The van der Waals surface area contributed by atoms with Gasteiger partial charge in [0.15, 0.2) is 0 Å². The van der Waals surface area contributed by atoms with Crippen LogP contribution in [0.3, 0.4) is 0 Å². The van der Waals surface area contributed by atoms with Crippen LogP contribution in [0.1, 0.15) is 138 Å². The maximum absolute atomic E-state index is 10.5. The van der Waals surface area contributed by atoms with Crippen LogP contribution in [-0.4, -0.2) is 22.2 Å². The van der Waals surface area contributed by atoms with E-state index in [1.54, 1.807) is 25.1 Å². The van der Waals surface area contributed by atoms with Gasteiger partial charge in [-0.25, -0.2) is 4.79 Å². The van der Waals surface area contributed by atoms with Gasteiger partial charge >= 0.3 is 11.9 Å². The summed E-state index contributed by atoms with van der Waals surface area (Å²) in [4.78, 5) is 20.9. The lowest BCUT2D eigenvalue weighted by Crippen LogP contribution is -1.98. The van der Waals surface area contributed by atoms with Crippen molar-refractivity contribution in [1.82, 2.24) is 0 Å². The van der Waals surface area contributed by atoms with Gasteiger partial charge in [-0.05, 0) is 37.1 Å². The Bertz CT molecular complexity index is 630. The molecule has 33 heavy (non-hydrogen) atoms. The Morgan fingerprint density at radius 2 is 1.09 bits per heavy atom. The molecule has 0 aliphatic carbocycles.